The van der Waals surface area contributed by atoms with Crippen molar-refractivity contribution in [2.75, 3.05) is 6.61 Å². The molecule has 0 aliphatic heterocycles. The fourth-order valence-electron chi connectivity index (χ4n) is 6.71. The molecule has 36 heavy (non-hydrogen) atoms. The normalized spacial score (nSPS) is 24.8. The zero-order valence-electron chi connectivity index (χ0n) is 24.0. The van der Waals surface area contributed by atoms with Crippen LogP contribution in [0.15, 0.2) is 36.4 Å². The molecule has 204 valence electrons. The second kappa shape index (κ2) is 18.1. The van der Waals surface area contributed by atoms with Crippen LogP contribution in [-0.2, 0) is 6.42 Å². The molecule has 1 aromatic carbocycles. The summed E-state index contributed by atoms with van der Waals surface area (Å²) in [6.07, 6.45) is 33.1. The Hall–Kier alpha value is -1.24. The second-order valence-electron chi connectivity index (χ2n) is 12.3. The first-order valence-corrected chi connectivity index (χ1v) is 16.1. The average Bonchev–Trinajstić information content (AvgIpc) is 2.92. The second-order valence-corrected chi connectivity index (χ2v) is 12.3. The van der Waals surface area contributed by atoms with Gasteiger partial charge in [-0.2, -0.15) is 0 Å². The van der Waals surface area contributed by atoms with Crippen LogP contribution in [0.1, 0.15) is 141 Å². The first kappa shape index (κ1) is 29.3. The minimum absolute atomic E-state index is 0.707. The lowest BCUT2D eigenvalue weighted by molar-refractivity contribution is 0.249. The molecule has 3 rings (SSSR count). The smallest absolute Gasteiger partial charge is 0.119 e. The molecule has 2 aliphatic rings. The monoisotopic (exact) mass is 494 g/mol. The van der Waals surface area contributed by atoms with Crippen LogP contribution in [0.25, 0.3) is 0 Å². The van der Waals surface area contributed by atoms with E-state index in [0.717, 1.165) is 29.4 Å². The Labute approximate surface area is 224 Å². The molecule has 0 bridgehead atoms. The van der Waals surface area contributed by atoms with Gasteiger partial charge in [-0.15, -0.1) is 0 Å². The first-order chi connectivity index (χ1) is 17.8. The van der Waals surface area contributed by atoms with E-state index >= 15 is 0 Å². The van der Waals surface area contributed by atoms with Gasteiger partial charge < -0.3 is 4.74 Å². The van der Waals surface area contributed by atoms with Gasteiger partial charge in [0.25, 0.3) is 0 Å². The summed E-state index contributed by atoms with van der Waals surface area (Å²) in [6.45, 7) is 5.32. The molecule has 2 fully saturated rings. The molecule has 0 unspecified atom stereocenters. The topological polar surface area (TPSA) is 9.23 Å². The summed E-state index contributed by atoms with van der Waals surface area (Å²) in [5.41, 5.74) is 1.48. The van der Waals surface area contributed by atoms with Gasteiger partial charge in [0.2, 0.25) is 0 Å². The predicted octanol–water partition coefficient (Wildman–Crippen LogP) is 11.1. The largest absolute Gasteiger partial charge is 0.490 e. The van der Waals surface area contributed by atoms with Gasteiger partial charge in [-0.3, -0.25) is 0 Å². The minimum Gasteiger partial charge on any atom is -0.490 e. The fourth-order valence-corrected chi connectivity index (χ4v) is 6.71. The van der Waals surface area contributed by atoms with E-state index in [1.807, 2.05) is 0 Å². The molecule has 2 aliphatic carbocycles. The van der Waals surface area contributed by atoms with E-state index in [2.05, 4.69) is 50.3 Å². The average molecular weight is 495 g/mol. The molecule has 0 saturated heterocycles. The first-order valence-electron chi connectivity index (χ1n) is 16.1. The van der Waals surface area contributed by atoms with E-state index in [9.17, 15) is 0 Å². The summed E-state index contributed by atoms with van der Waals surface area (Å²) in [5, 5.41) is 0. The Morgan fingerprint density at radius 2 is 1.17 bits per heavy atom. The summed E-state index contributed by atoms with van der Waals surface area (Å²) < 4.78 is 6.02. The molecule has 0 aromatic heterocycles. The zero-order valence-corrected chi connectivity index (χ0v) is 24.0. The zero-order chi connectivity index (χ0) is 25.3. The lowest BCUT2D eigenvalue weighted by atomic mass is 9.78. The number of hydrogen-bond acceptors (Lipinski definition) is 1. The molecule has 0 radical (unpaired) electrons. The van der Waals surface area contributed by atoms with E-state index in [-0.39, 0.29) is 0 Å². The molecule has 0 atom stereocenters. The Morgan fingerprint density at radius 3 is 1.81 bits per heavy atom. The van der Waals surface area contributed by atoms with Crippen molar-refractivity contribution in [2.45, 2.75) is 142 Å². The number of ether oxygens (including phenoxy) is 1. The highest BCUT2D eigenvalue weighted by Crippen LogP contribution is 2.35. The third-order valence-corrected chi connectivity index (χ3v) is 9.31. The van der Waals surface area contributed by atoms with Crippen LogP contribution in [0.5, 0.6) is 5.75 Å². The van der Waals surface area contributed by atoms with Gasteiger partial charge >= 0.3 is 0 Å². The van der Waals surface area contributed by atoms with Gasteiger partial charge in [-0.05, 0) is 79.9 Å². The Morgan fingerprint density at radius 1 is 0.639 bits per heavy atom. The molecule has 0 amide bonds. The van der Waals surface area contributed by atoms with Gasteiger partial charge in [-0.1, -0.05) is 128 Å². The minimum atomic E-state index is 0.707. The molecular formula is C35H58O. The maximum absolute atomic E-state index is 6.02. The van der Waals surface area contributed by atoms with Crippen LogP contribution in [0.2, 0.25) is 0 Å². The quantitative estimate of drug-likeness (QED) is 0.154. The number of aryl methyl sites for hydroxylation is 1. The molecule has 0 heterocycles. The summed E-state index contributed by atoms with van der Waals surface area (Å²) in [7, 11) is 0. The maximum atomic E-state index is 6.02. The highest BCUT2D eigenvalue weighted by atomic mass is 16.5. The van der Waals surface area contributed by atoms with E-state index in [0.29, 0.717) is 6.61 Å². The standard InChI is InChI=1S/C35H58O/c1-3-5-7-8-10-13-31-15-17-32(18-16-31)14-11-29-36-35-27-25-34(26-28-35)24-23-33-21-19-30(20-22-33)12-9-6-4-2/h11,14,25-28,30-33H,3-10,12-13,15-24,29H2,1-2H3/b14-11+/t30-,31-,32-,33-. The maximum Gasteiger partial charge on any atom is 0.119 e. The summed E-state index contributed by atoms with van der Waals surface area (Å²) >= 11 is 0. The van der Waals surface area contributed by atoms with E-state index in [1.165, 1.54) is 134 Å². The molecule has 0 N–H and O–H groups in total. The van der Waals surface area contributed by atoms with Crippen molar-refractivity contribution in [3.63, 3.8) is 0 Å². The van der Waals surface area contributed by atoms with Crippen LogP contribution in [0, 0.1) is 23.7 Å². The lowest BCUT2D eigenvalue weighted by Gasteiger charge is -2.28. The third-order valence-electron chi connectivity index (χ3n) is 9.31. The number of unbranched alkanes of at least 4 members (excludes halogenated alkanes) is 6. The Kier molecular flexibility index (Phi) is 14.7. The van der Waals surface area contributed by atoms with Gasteiger partial charge in [0.15, 0.2) is 0 Å². The molecule has 2 saturated carbocycles. The van der Waals surface area contributed by atoms with Crippen molar-refractivity contribution in [3.8, 4) is 5.75 Å². The van der Waals surface area contributed by atoms with Gasteiger partial charge in [0.05, 0.1) is 0 Å². The number of hydrogen-bond donors (Lipinski definition) is 0. The van der Waals surface area contributed by atoms with Crippen LogP contribution < -0.4 is 4.74 Å². The van der Waals surface area contributed by atoms with E-state index in [4.69, 9.17) is 4.74 Å². The van der Waals surface area contributed by atoms with Gasteiger partial charge in [-0.25, -0.2) is 0 Å². The lowest BCUT2D eigenvalue weighted by Crippen LogP contribution is -2.15. The van der Waals surface area contributed by atoms with Crippen LogP contribution >= 0.6 is 0 Å². The summed E-state index contributed by atoms with van der Waals surface area (Å²) in [4.78, 5) is 0. The summed E-state index contributed by atoms with van der Waals surface area (Å²) in [5.74, 6) is 4.77. The number of rotatable bonds is 17. The van der Waals surface area contributed by atoms with Crippen molar-refractivity contribution in [1.82, 2.24) is 0 Å². The Bertz CT molecular complexity index is 673. The molecule has 1 aromatic rings. The number of allylic oxidation sites excluding steroid dienone is 1. The predicted molar refractivity (Wildman–Crippen MR) is 158 cm³/mol. The van der Waals surface area contributed by atoms with Crippen molar-refractivity contribution in [1.29, 1.82) is 0 Å². The van der Waals surface area contributed by atoms with Crippen LogP contribution in [0.3, 0.4) is 0 Å². The van der Waals surface area contributed by atoms with Gasteiger partial charge in [0.1, 0.15) is 12.4 Å². The molecule has 1 nitrogen and oxygen atoms in total. The Balaban J connectivity index is 1.22. The van der Waals surface area contributed by atoms with Crippen LogP contribution in [0.4, 0.5) is 0 Å². The third kappa shape index (κ3) is 11.9. The molecular weight excluding hydrogens is 436 g/mol. The van der Waals surface area contributed by atoms with Crippen LogP contribution in [-0.4, -0.2) is 6.61 Å². The van der Waals surface area contributed by atoms with E-state index in [1.54, 1.807) is 0 Å². The van der Waals surface area contributed by atoms with Crippen molar-refractivity contribution >= 4 is 0 Å². The fraction of sp³-hybridized carbons (Fsp3) is 0.771. The van der Waals surface area contributed by atoms with Gasteiger partial charge in [0, 0.05) is 0 Å². The van der Waals surface area contributed by atoms with E-state index < -0.39 is 0 Å². The highest BCUT2D eigenvalue weighted by molar-refractivity contribution is 5.27. The van der Waals surface area contributed by atoms with Crippen molar-refractivity contribution in [2.24, 2.45) is 23.7 Å². The SMILES string of the molecule is CCCCCCC[C@H]1CC[C@H](/C=C/COc2ccc(CC[C@H]3CC[C@H](CCCCC)CC3)cc2)CC1. The highest BCUT2D eigenvalue weighted by Gasteiger charge is 2.21. The van der Waals surface area contributed by atoms with Crippen molar-refractivity contribution in [3.05, 3.63) is 42.0 Å². The summed E-state index contributed by atoms with van der Waals surface area (Å²) in [6, 6.07) is 8.94. The van der Waals surface area contributed by atoms with Crippen molar-refractivity contribution < 1.29 is 4.74 Å². The number of benzene rings is 1. The molecule has 1 heteroatoms. The molecule has 0 spiro atoms.